The summed E-state index contributed by atoms with van der Waals surface area (Å²) in [5.41, 5.74) is 2.06. The van der Waals surface area contributed by atoms with Gasteiger partial charge in [-0.25, -0.2) is 13.6 Å². The number of rotatable bonds is 7. The molecule has 29 heavy (non-hydrogen) atoms. The van der Waals surface area contributed by atoms with Crippen LogP contribution in [0, 0.1) is 0 Å². The molecule has 2 N–H and O–H groups in total. The number of sulfonamides is 1. The van der Waals surface area contributed by atoms with Crippen molar-refractivity contribution in [2.75, 3.05) is 0 Å². The molecule has 0 bridgehead atoms. The summed E-state index contributed by atoms with van der Waals surface area (Å²) in [6.07, 6.45) is 1.01. The van der Waals surface area contributed by atoms with E-state index < -0.39 is 15.8 Å². The van der Waals surface area contributed by atoms with Gasteiger partial charge >= 0.3 is 0 Å². The van der Waals surface area contributed by atoms with Crippen LogP contribution in [0.15, 0.2) is 77.7 Å². The Bertz CT molecular complexity index is 1160. The van der Waals surface area contributed by atoms with E-state index in [4.69, 9.17) is 16.7 Å². The second-order valence-corrected chi connectivity index (χ2v) is 8.44. The molecule has 148 valence electrons. The summed E-state index contributed by atoms with van der Waals surface area (Å²) in [5.74, 6) is -0.411. The molecule has 0 atom stereocenters. The molecule has 0 aliphatic rings. The molecule has 0 aliphatic carbocycles. The van der Waals surface area contributed by atoms with E-state index >= 15 is 0 Å². The van der Waals surface area contributed by atoms with Gasteiger partial charge in [0, 0.05) is 23.1 Å². The number of halogens is 1. The lowest BCUT2D eigenvalue weighted by atomic mass is 9.99. The molecule has 3 aromatic rings. The minimum atomic E-state index is -4.05. The van der Waals surface area contributed by atoms with Gasteiger partial charge in [0.1, 0.15) is 4.90 Å². The molecular weight excluding hydrogens is 410 g/mol. The van der Waals surface area contributed by atoms with Gasteiger partial charge < -0.3 is 0 Å². The average molecular weight is 428 g/mol. The molecule has 0 saturated heterocycles. The first-order chi connectivity index (χ1) is 13.8. The number of primary sulfonamides is 1. The SMILES string of the molecule is NS(=O)(=O)c1cc(C(=O)c2ccc(C(=O)CCc3ccccc3)cc2)ccc1Cl. The van der Waals surface area contributed by atoms with Crippen molar-refractivity contribution in [3.05, 3.63) is 100 Å². The zero-order valence-electron chi connectivity index (χ0n) is 15.3. The number of Topliss-reactive ketones (excluding diaryl/α,β-unsaturated/α-hetero) is 1. The third-order valence-electron chi connectivity index (χ3n) is 4.45. The highest BCUT2D eigenvalue weighted by Crippen LogP contribution is 2.23. The van der Waals surface area contributed by atoms with E-state index in [2.05, 4.69) is 0 Å². The Labute approximate surface area is 174 Å². The van der Waals surface area contributed by atoms with Gasteiger partial charge in [-0.05, 0) is 30.2 Å². The Morgan fingerprint density at radius 3 is 2.03 bits per heavy atom. The topological polar surface area (TPSA) is 94.3 Å². The number of aryl methyl sites for hydroxylation is 1. The normalized spacial score (nSPS) is 11.2. The summed E-state index contributed by atoms with van der Waals surface area (Å²) < 4.78 is 23.2. The van der Waals surface area contributed by atoms with Crippen LogP contribution in [0.4, 0.5) is 0 Å². The number of ketones is 2. The maximum absolute atomic E-state index is 12.7. The second kappa shape index (κ2) is 8.69. The van der Waals surface area contributed by atoms with E-state index in [1.165, 1.54) is 12.1 Å². The van der Waals surface area contributed by atoms with Gasteiger partial charge in [-0.15, -0.1) is 0 Å². The van der Waals surface area contributed by atoms with Crippen LogP contribution < -0.4 is 5.14 Å². The first-order valence-electron chi connectivity index (χ1n) is 8.80. The standard InChI is InChI=1S/C22H18ClNO4S/c23-19-12-11-18(14-21(19)29(24,27)28)22(26)17-9-7-16(8-10-17)20(25)13-6-15-4-2-1-3-5-15/h1-5,7-12,14H,6,13H2,(H2,24,27,28). The number of carbonyl (C=O) groups excluding carboxylic acids is 2. The van der Waals surface area contributed by atoms with Crippen LogP contribution in [-0.4, -0.2) is 20.0 Å². The van der Waals surface area contributed by atoms with E-state index in [0.29, 0.717) is 24.0 Å². The van der Waals surface area contributed by atoms with Crippen molar-refractivity contribution in [2.45, 2.75) is 17.7 Å². The molecule has 0 unspecified atom stereocenters. The number of benzene rings is 3. The maximum atomic E-state index is 12.7. The molecule has 0 aromatic heterocycles. The van der Waals surface area contributed by atoms with Gasteiger partial charge in [-0.3, -0.25) is 9.59 Å². The van der Waals surface area contributed by atoms with Gasteiger partial charge in [-0.1, -0.05) is 66.2 Å². The lowest BCUT2D eigenvalue weighted by molar-refractivity contribution is 0.0980. The molecule has 0 radical (unpaired) electrons. The van der Waals surface area contributed by atoms with E-state index in [0.717, 1.165) is 11.6 Å². The monoisotopic (exact) mass is 427 g/mol. The summed E-state index contributed by atoms with van der Waals surface area (Å²) >= 11 is 5.85. The smallest absolute Gasteiger partial charge is 0.239 e. The maximum Gasteiger partial charge on any atom is 0.239 e. The van der Waals surface area contributed by atoms with Crippen molar-refractivity contribution >= 4 is 33.2 Å². The predicted octanol–water partition coefficient (Wildman–Crippen LogP) is 4.03. The fraction of sp³-hybridized carbons (Fsp3) is 0.0909. The van der Waals surface area contributed by atoms with Crippen LogP contribution in [0.1, 0.15) is 38.3 Å². The predicted molar refractivity (Wildman–Crippen MR) is 112 cm³/mol. The Morgan fingerprint density at radius 1 is 0.828 bits per heavy atom. The summed E-state index contributed by atoms with van der Waals surface area (Å²) in [5, 5.41) is 5.08. The van der Waals surface area contributed by atoms with Gasteiger partial charge in [-0.2, -0.15) is 0 Å². The van der Waals surface area contributed by atoms with Crippen LogP contribution in [0.2, 0.25) is 5.02 Å². The molecular formula is C22H18ClNO4S. The highest BCUT2D eigenvalue weighted by atomic mass is 35.5. The second-order valence-electron chi connectivity index (χ2n) is 6.51. The van der Waals surface area contributed by atoms with E-state index in [-0.39, 0.29) is 21.3 Å². The summed E-state index contributed by atoms with van der Waals surface area (Å²) in [4.78, 5) is 24.7. The van der Waals surface area contributed by atoms with Crippen molar-refractivity contribution in [1.82, 2.24) is 0 Å². The first-order valence-corrected chi connectivity index (χ1v) is 10.7. The molecule has 3 rings (SSSR count). The van der Waals surface area contributed by atoms with Crippen LogP contribution in [0.5, 0.6) is 0 Å². The molecule has 0 fully saturated rings. The number of carbonyl (C=O) groups is 2. The first kappa shape index (κ1) is 20.9. The zero-order chi connectivity index (χ0) is 21.0. The average Bonchev–Trinajstić information content (AvgIpc) is 2.72. The van der Waals surface area contributed by atoms with E-state index in [1.54, 1.807) is 24.3 Å². The van der Waals surface area contributed by atoms with Crippen molar-refractivity contribution in [1.29, 1.82) is 0 Å². The quantitative estimate of drug-likeness (QED) is 0.576. The highest BCUT2D eigenvalue weighted by Gasteiger charge is 2.17. The Kier molecular flexibility index (Phi) is 6.27. The van der Waals surface area contributed by atoms with Crippen LogP contribution in [0.3, 0.4) is 0 Å². The fourth-order valence-corrected chi connectivity index (χ4v) is 3.95. The number of hydrogen-bond donors (Lipinski definition) is 1. The molecule has 5 nitrogen and oxygen atoms in total. The largest absolute Gasteiger partial charge is 0.294 e. The summed E-state index contributed by atoms with van der Waals surface area (Å²) in [7, 11) is -4.05. The zero-order valence-corrected chi connectivity index (χ0v) is 16.9. The Balaban J connectivity index is 1.74. The number of hydrogen-bond acceptors (Lipinski definition) is 4. The fourth-order valence-electron chi connectivity index (χ4n) is 2.88. The van der Waals surface area contributed by atoms with Gasteiger partial charge in [0.2, 0.25) is 10.0 Å². The minimum absolute atomic E-state index is 0.0177. The summed E-state index contributed by atoms with van der Waals surface area (Å²) in [6.45, 7) is 0. The lowest BCUT2D eigenvalue weighted by Crippen LogP contribution is -2.14. The lowest BCUT2D eigenvalue weighted by Gasteiger charge is -2.07. The molecule has 0 heterocycles. The molecule has 0 aliphatic heterocycles. The van der Waals surface area contributed by atoms with Gasteiger partial charge in [0.25, 0.3) is 0 Å². The molecule has 7 heteroatoms. The highest BCUT2D eigenvalue weighted by molar-refractivity contribution is 7.89. The third-order valence-corrected chi connectivity index (χ3v) is 5.85. The van der Waals surface area contributed by atoms with E-state index in [9.17, 15) is 18.0 Å². The van der Waals surface area contributed by atoms with Crippen molar-refractivity contribution in [3.63, 3.8) is 0 Å². The van der Waals surface area contributed by atoms with Crippen molar-refractivity contribution in [3.8, 4) is 0 Å². The van der Waals surface area contributed by atoms with Crippen LogP contribution >= 0.6 is 11.6 Å². The number of nitrogens with two attached hydrogens (primary N) is 1. The van der Waals surface area contributed by atoms with Gasteiger partial charge in [0.05, 0.1) is 5.02 Å². The minimum Gasteiger partial charge on any atom is -0.294 e. The van der Waals surface area contributed by atoms with Gasteiger partial charge in [0.15, 0.2) is 11.6 Å². The summed E-state index contributed by atoms with van der Waals surface area (Å²) in [6, 6.07) is 19.9. The Morgan fingerprint density at radius 2 is 1.41 bits per heavy atom. The van der Waals surface area contributed by atoms with Crippen LogP contribution in [-0.2, 0) is 16.4 Å². The molecule has 0 amide bonds. The van der Waals surface area contributed by atoms with Crippen molar-refractivity contribution in [2.24, 2.45) is 5.14 Å². The van der Waals surface area contributed by atoms with Crippen LogP contribution in [0.25, 0.3) is 0 Å². The molecule has 3 aromatic carbocycles. The third kappa shape index (κ3) is 5.17. The van der Waals surface area contributed by atoms with E-state index in [1.807, 2.05) is 30.3 Å². The molecule has 0 spiro atoms. The Hall–Kier alpha value is -2.80. The molecule has 0 saturated carbocycles. The van der Waals surface area contributed by atoms with Crippen molar-refractivity contribution < 1.29 is 18.0 Å².